The molecule has 0 bridgehead atoms. The number of benzene rings is 2. The first kappa shape index (κ1) is 13.2. The average molecular weight is 270 g/mol. The highest BCUT2D eigenvalue weighted by Gasteiger charge is 2.34. The van der Waals surface area contributed by atoms with E-state index >= 15 is 0 Å². The predicted octanol–water partition coefficient (Wildman–Crippen LogP) is 3.68. The van der Waals surface area contributed by atoms with Gasteiger partial charge in [-0.25, -0.2) is 4.39 Å². The number of halogens is 4. The lowest BCUT2D eigenvalue weighted by molar-refractivity contribution is -0.137. The molecule has 0 saturated carbocycles. The minimum atomic E-state index is -4.61. The van der Waals surface area contributed by atoms with Crippen LogP contribution in [-0.2, 0) is 6.18 Å². The Morgan fingerprint density at radius 2 is 1.32 bits per heavy atom. The van der Waals surface area contributed by atoms with Crippen molar-refractivity contribution in [2.45, 2.75) is 6.18 Å². The lowest BCUT2D eigenvalue weighted by Crippen LogP contribution is -2.08. The Hall–Kier alpha value is -2.24. The van der Waals surface area contributed by atoms with E-state index in [1.807, 2.05) is 0 Å². The summed E-state index contributed by atoms with van der Waals surface area (Å²) < 4.78 is 52.5. The molecule has 0 aliphatic carbocycles. The fourth-order valence-corrected chi connectivity index (χ4v) is 1.78. The maximum atomic E-state index is 13.7. The molecule has 19 heavy (non-hydrogen) atoms. The largest absolute Gasteiger partial charge is 0.417 e. The van der Waals surface area contributed by atoms with Gasteiger partial charge in [0, 0.05) is 16.9 Å². The van der Waals surface area contributed by atoms with Crippen LogP contribution in [0, 0.1) is 5.82 Å². The summed E-state index contributed by atoms with van der Waals surface area (Å²) in [5.74, 6) is -0.810. The van der Waals surface area contributed by atoms with E-state index in [1.165, 1.54) is 18.2 Å². The summed E-state index contributed by atoms with van der Waals surface area (Å²) in [5, 5.41) is 0. The number of nitrogen functional groups attached to an aromatic ring is 2. The van der Waals surface area contributed by atoms with Gasteiger partial charge in [-0.05, 0) is 35.9 Å². The standard InChI is InChI=1S/C13H10F4N2/c14-12-6-8(19)2-4-10(12)9-3-1-7(18)5-11(9)13(15,16)17/h1-6H,18-19H2. The van der Waals surface area contributed by atoms with Crippen LogP contribution in [0.25, 0.3) is 11.1 Å². The number of nitrogens with two attached hydrogens (primary N) is 2. The maximum absolute atomic E-state index is 13.7. The molecule has 0 atom stereocenters. The van der Waals surface area contributed by atoms with Crippen LogP contribution < -0.4 is 11.5 Å². The molecule has 0 heterocycles. The summed E-state index contributed by atoms with van der Waals surface area (Å²) in [5.41, 5.74) is 9.42. The van der Waals surface area contributed by atoms with Crippen molar-refractivity contribution in [2.24, 2.45) is 0 Å². The van der Waals surface area contributed by atoms with Crippen molar-refractivity contribution in [3.63, 3.8) is 0 Å². The number of alkyl halides is 3. The van der Waals surface area contributed by atoms with Crippen molar-refractivity contribution < 1.29 is 17.6 Å². The maximum Gasteiger partial charge on any atom is 0.417 e. The third kappa shape index (κ3) is 2.62. The second-order valence-corrected chi connectivity index (χ2v) is 4.04. The van der Waals surface area contributed by atoms with Crippen LogP contribution in [0.15, 0.2) is 36.4 Å². The van der Waals surface area contributed by atoms with E-state index in [4.69, 9.17) is 11.5 Å². The van der Waals surface area contributed by atoms with Gasteiger partial charge in [0.05, 0.1) is 5.56 Å². The van der Waals surface area contributed by atoms with Gasteiger partial charge < -0.3 is 11.5 Å². The van der Waals surface area contributed by atoms with Gasteiger partial charge in [-0.15, -0.1) is 0 Å². The van der Waals surface area contributed by atoms with Gasteiger partial charge in [0.1, 0.15) is 5.82 Å². The van der Waals surface area contributed by atoms with Crippen LogP contribution >= 0.6 is 0 Å². The SMILES string of the molecule is Nc1ccc(-c2ccc(N)cc2C(F)(F)F)c(F)c1. The predicted molar refractivity (Wildman–Crippen MR) is 65.7 cm³/mol. The fraction of sp³-hybridized carbons (Fsp3) is 0.0769. The van der Waals surface area contributed by atoms with Gasteiger partial charge in [-0.2, -0.15) is 13.2 Å². The molecule has 100 valence electrons. The van der Waals surface area contributed by atoms with E-state index in [9.17, 15) is 17.6 Å². The van der Waals surface area contributed by atoms with E-state index in [-0.39, 0.29) is 22.5 Å². The summed E-state index contributed by atoms with van der Waals surface area (Å²) >= 11 is 0. The van der Waals surface area contributed by atoms with Crippen LogP contribution in [0.2, 0.25) is 0 Å². The molecule has 0 radical (unpaired) electrons. The molecule has 2 aromatic carbocycles. The molecular weight excluding hydrogens is 260 g/mol. The average Bonchev–Trinajstić information content (AvgIpc) is 2.28. The quantitative estimate of drug-likeness (QED) is 0.613. The third-order valence-corrected chi connectivity index (χ3v) is 2.63. The van der Waals surface area contributed by atoms with Crippen molar-refractivity contribution in [3.05, 3.63) is 47.8 Å². The topological polar surface area (TPSA) is 52.0 Å². The van der Waals surface area contributed by atoms with Gasteiger partial charge >= 0.3 is 6.18 Å². The lowest BCUT2D eigenvalue weighted by Gasteiger charge is -2.14. The first-order chi connectivity index (χ1) is 8.79. The number of anilines is 2. The highest BCUT2D eigenvalue weighted by atomic mass is 19.4. The van der Waals surface area contributed by atoms with E-state index in [1.54, 1.807) is 0 Å². The van der Waals surface area contributed by atoms with Crippen LogP contribution in [0.4, 0.5) is 28.9 Å². The highest BCUT2D eigenvalue weighted by Crippen LogP contribution is 2.39. The van der Waals surface area contributed by atoms with Gasteiger partial charge in [-0.1, -0.05) is 6.07 Å². The molecule has 0 aromatic heterocycles. The molecule has 2 nitrogen and oxygen atoms in total. The first-order valence-electron chi connectivity index (χ1n) is 5.31. The molecule has 0 unspecified atom stereocenters. The monoisotopic (exact) mass is 270 g/mol. The molecule has 6 heteroatoms. The second-order valence-electron chi connectivity index (χ2n) is 4.04. The lowest BCUT2D eigenvalue weighted by atomic mass is 9.98. The Morgan fingerprint density at radius 1 is 0.789 bits per heavy atom. The van der Waals surface area contributed by atoms with Crippen LogP contribution in [0.5, 0.6) is 0 Å². The molecule has 0 fully saturated rings. The normalized spacial score (nSPS) is 11.6. The molecule has 2 aromatic rings. The number of hydrogen-bond donors (Lipinski definition) is 2. The summed E-state index contributed by atoms with van der Waals surface area (Å²) in [6, 6.07) is 6.75. The van der Waals surface area contributed by atoms with Crippen molar-refractivity contribution in [1.82, 2.24) is 0 Å². The first-order valence-corrected chi connectivity index (χ1v) is 5.31. The van der Waals surface area contributed by atoms with Crippen molar-refractivity contribution in [3.8, 4) is 11.1 Å². The fourth-order valence-electron chi connectivity index (χ4n) is 1.78. The molecule has 0 spiro atoms. The Morgan fingerprint density at radius 3 is 1.84 bits per heavy atom. The zero-order chi connectivity index (χ0) is 14.2. The zero-order valence-electron chi connectivity index (χ0n) is 9.63. The molecule has 0 aliphatic heterocycles. The number of rotatable bonds is 1. The summed E-state index contributed by atoms with van der Waals surface area (Å²) in [6.07, 6.45) is -4.61. The molecular formula is C13H10F4N2. The van der Waals surface area contributed by atoms with Crippen molar-refractivity contribution in [2.75, 3.05) is 11.5 Å². The van der Waals surface area contributed by atoms with Gasteiger partial charge in [0.25, 0.3) is 0 Å². The minimum absolute atomic E-state index is 0.0353. The van der Waals surface area contributed by atoms with Gasteiger partial charge in [0.15, 0.2) is 0 Å². The van der Waals surface area contributed by atoms with E-state index in [2.05, 4.69) is 0 Å². The van der Waals surface area contributed by atoms with Crippen LogP contribution in [0.3, 0.4) is 0 Å². The van der Waals surface area contributed by atoms with E-state index in [0.717, 1.165) is 18.2 Å². The Balaban J connectivity index is 2.68. The van der Waals surface area contributed by atoms with E-state index < -0.39 is 17.6 Å². The summed E-state index contributed by atoms with van der Waals surface area (Å²) in [6.45, 7) is 0. The van der Waals surface area contributed by atoms with Crippen LogP contribution in [-0.4, -0.2) is 0 Å². The molecule has 0 amide bonds. The Bertz CT molecular complexity index is 621. The number of hydrogen-bond acceptors (Lipinski definition) is 2. The van der Waals surface area contributed by atoms with Crippen molar-refractivity contribution in [1.29, 1.82) is 0 Å². The Labute approximate surface area is 106 Å². The molecule has 4 N–H and O–H groups in total. The zero-order valence-corrected chi connectivity index (χ0v) is 9.63. The molecule has 2 rings (SSSR count). The van der Waals surface area contributed by atoms with Gasteiger partial charge in [0.2, 0.25) is 0 Å². The van der Waals surface area contributed by atoms with E-state index in [0.29, 0.717) is 0 Å². The summed E-state index contributed by atoms with van der Waals surface area (Å²) in [7, 11) is 0. The Kier molecular flexibility index (Phi) is 3.09. The third-order valence-electron chi connectivity index (χ3n) is 2.63. The molecule has 0 aliphatic rings. The summed E-state index contributed by atoms with van der Waals surface area (Å²) in [4.78, 5) is 0. The van der Waals surface area contributed by atoms with Crippen LogP contribution in [0.1, 0.15) is 5.56 Å². The second kappa shape index (κ2) is 4.46. The molecule has 0 saturated heterocycles. The smallest absolute Gasteiger partial charge is 0.399 e. The van der Waals surface area contributed by atoms with Gasteiger partial charge in [-0.3, -0.25) is 0 Å². The van der Waals surface area contributed by atoms with Crippen molar-refractivity contribution >= 4 is 11.4 Å². The highest BCUT2D eigenvalue weighted by molar-refractivity contribution is 5.72. The minimum Gasteiger partial charge on any atom is -0.399 e.